The quantitative estimate of drug-likeness (QED) is 0.664. The number of benzene rings is 1. The summed E-state index contributed by atoms with van der Waals surface area (Å²) < 4.78 is 19.3. The predicted octanol–water partition coefficient (Wildman–Crippen LogP) is 3.86. The molecule has 3 aromatic rings. The standard InChI is InChI=1S/C16H16FN3O3/c1-3-10(12-7-4-8(2)23-12)18-16-19-11-6-5-9(17)13(15(21)22)14(11)20-16/h4-7,10H,3H2,1-2H3,(H,21,22)(H2,18,19,20)/t10-/m1/s1. The number of rotatable bonds is 5. The highest BCUT2D eigenvalue weighted by Crippen LogP contribution is 2.26. The van der Waals surface area contributed by atoms with E-state index in [1.54, 1.807) is 0 Å². The summed E-state index contributed by atoms with van der Waals surface area (Å²) in [5, 5.41) is 12.3. The Hall–Kier alpha value is -2.83. The third kappa shape index (κ3) is 2.77. The van der Waals surface area contributed by atoms with Crippen LogP contribution in [0.15, 0.2) is 28.7 Å². The van der Waals surface area contributed by atoms with Gasteiger partial charge < -0.3 is 19.8 Å². The van der Waals surface area contributed by atoms with Crippen molar-refractivity contribution >= 4 is 23.0 Å². The molecule has 0 bridgehead atoms. The lowest BCUT2D eigenvalue weighted by molar-refractivity contribution is 0.0694. The van der Waals surface area contributed by atoms with E-state index in [4.69, 9.17) is 9.52 Å². The highest BCUT2D eigenvalue weighted by Gasteiger charge is 2.20. The van der Waals surface area contributed by atoms with Crippen molar-refractivity contribution in [2.24, 2.45) is 0 Å². The Morgan fingerprint density at radius 1 is 1.43 bits per heavy atom. The molecule has 3 N–H and O–H groups in total. The third-order valence-electron chi connectivity index (χ3n) is 3.64. The molecule has 0 aliphatic heterocycles. The number of aryl methyl sites for hydroxylation is 1. The zero-order chi connectivity index (χ0) is 16.6. The molecule has 3 rings (SSSR count). The number of furan rings is 1. The second-order valence-electron chi connectivity index (χ2n) is 5.26. The molecule has 0 spiro atoms. The van der Waals surface area contributed by atoms with Crippen molar-refractivity contribution in [1.29, 1.82) is 0 Å². The van der Waals surface area contributed by atoms with Crippen molar-refractivity contribution in [3.63, 3.8) is 0 Å². The molecule has 1 aromatic carbocycles. The summed E-state index contributed by atoms with van der Waals surface area (Å²) in [5.74, 6) is -0.221. The molecule has 0 aliphatic rings. The lowest BCUT2D eigenvalue weighted by Crippen LogP contribution is -2.09. The van der Waals surface area contributed by atoms with Gasteiger partial charge in [0.05, 0.1) is 11.6 Å². The largest absolute Gasteiger partial charge is 0.478 e. The van der Waals surface area contributed by atoms with Crippen LogP contribution in [0.3, 0.4) is 0 Å². The van der Waals surface area contributed by atoms with Gasteiger partial charge in [-0.05, 0) is 37.6 Å². The van der Waals surface area contributed by atoms with Crippen LogP contribution < -0.4 is 5.32 Å². The van der Waals surface area contributed by atoms with Gasteiger partial charge in [-0.15, -0.1) is 0 Å². The van der Waals surface area contributed by atoms with Crippen molar-refractivity contribution in [3.05, 3.63) is 47.2 Å². The van der Waals surface area contributed by atoms with Gasteiger partial charge in [0.15, 0.2) is 0 Å². The second kappa shape index (κ2) is 5.75. The molecule has 0 radical (unpaired) electrons. The van der Waals surface area contributed by atoms with Crippen LogP contribution in [0, 0.1) is 12.7 Å². The van der Waals surface area contributed by atoms with Crippen molar-refractivity contribution < 1.29 is 18.7 Å². The van der Waals surface area contributed by atoms with E-state index in [-0.39, 0.29) is 11.6 Å². The lowest BCUT2D eigenvalue weighted by Gasteiger charge is -2.13. The number of imidazole rings is 1. The molecule has 6 nitrogen and oxygen atoms in total. The van der Waals surface area contributed by atoms with Crippen LogP contribution in [-0.2, 0) is 0 Å². The van der Waals surface area contributed by atoms with Gasteiger partial charge in [-0.3, -0.25) is 0 Å². The minimum atomic E-state index is -1.35. The fourth-order valence-corrected chi connectivity index (χ4v) is 2.50. The number of anilines is 1. The van der Waals surface area contributed by atoms with Crippen LogP contribution in [0.5, 0.6) is 0 Å². The van der Waals surface area contributed by atoms with Gasteiger partial charge in [0.1, 0.15) is 28.4 Å². The van der Waals surface area contributed by atoms with Crippen LogP contribution in [-0.4, -0.2) is 21.0 Å². The van der Waals surface area contributed by atoms with Gasteiger partial charge in [-0.1, -0.05) is 6.92 Å². The van der Waals surface area contributed by atoms with E-state index in [0.717, 1.165) is 24.0 Å². The Bertz CT molecular complexity index is 869. The summed E-state index contributed by atoms with van der Waals surface area (Å²) in [6, 6.07) is 6.20. The van der Waals surface area contributed by atoms with Crippen molar-refractivity contribution in [3.8, 4) is 0 Å². The van der Waals surface area contributed by atoms with Crippen molar-refractivity contribution in [1.82, 2.24) is 9.97 Å². The predicted molar refractivity (Wildman–Crippen MR) is 83.1 cm³/mol. The summed E-state index contributed by atoms with van der Waals surface area (Å²) in [4.78, 5) is 18.4. The van der Waals surface area contributed by atoms with E-state index >= 15 is 0 Å². The number of carboxylic acid groups (broad SMARTS) is 1. The van der Waals surface area contributed by atoms with E-state index in [0.29, 0.717) is 11.5 Å². The number of fused-ring (bicyclic) bond motifs is 1. The third-order valence-corrected chi connectivity index (χ3v) is 3.64. The number of hydrogen-bond acceptors (Lipinski definition) is 4. The molecular formula is C16H16FN3O3. The van der Waals surface area contributed by atoms with E-state index < -0.39 is 17.3 Å². The van der Waals surface area contributed by atoms with Crippen LogP contribution in [0.1, 0.15) is 41.3 Å². The summed E-state index contributed by atoms with van der Waals surface area (Å²) in [5.41, 5.74) is 0.107. The SMILES string of the molecule is CC[C@@H](Nc1nc2c(C(=O)O)c(F)ccc2[nH]1)c1ccc(C)o1. The highest BCUT2D eigenvalue weighted by atomic mass is 19.1. The Kier molecular flexibility index (Phi) is 3.77. The van der Waals surface area contributed by atoms with Crippen LogP contribution in [0.4, 0.5) is 10.3 Å². The number of aromatic carboxylic acids is 1. The highest BCUT2D eigenvalue weighted by molar-refractivity contribution is 6.01. The molecule has 0 fully saturated rings. The fourth-order valence-electron chi connectivity index (χ4n) is 2.50. The van der Waals surface area contributed by atoms with E-state index in [1.165, 1.54) is 6.07 Å². The number of H-pyrrole nitrogens is 1. The maximum absolute atomic E-state index is 13.7. The van der Waals surface area contributed by atoms with Gasteiger partial charge >= 0.3 is 5.97 Å². The van der Waals surface area contributed by atoms with Crippen LogP contribution in [0.25, 0.3) is 11.0 Å². The zero-order valence-electron chi connectivity index (χ0n) is 12.7. The number of aromatic amines is 1. The Labute approximate surface area is 131 Å². The minimum Gasteiger partial charge on any atom is -0.478 e. The van der Waals surface area contributed by atoms with Gasteiger partial charge in [0.25, 0.3) is 0 Å². The molecule has 23 heavy (non-hydrogen) atoms. The van der Waals surface area contributed by atoms with Crippen LogP contribution in [0.2, 0.25) is 0 Å². The molecule has 120 valence electrons. The number of aromatic nitrogens is 2. The first-order chi connectivity index (χ1) is 11.0. The molecule has 7 heteroatoms. The number of carboxylic acids is 1. The molecule has 0 aliphatic carbocycles. The van der Waals surface area contributed by atoms with Gasteiger partial charge in [0.2, 0.25) is 5.95 Å². The second-order valence-corrected chi connectivity index (χ2v) is 5.26. The van der Waals surface area contributed by atoms with Gasteiger partial charge in [-0.2, -0.15) is 0 Å². The summed E-state index contributed by atoms with van der Waals surface area (Å²) in [7, 11) is 0. The first kappa shape index (κ1) is 15.1. The summed E-state index contributed by atoms with van der Waals surface area (Å²) >= 11 is 0. The first-order valence-corrected chi connectivity index (χ1v) is 7.24. The maximum Gasteiger partial charge on any atom is 0.340 e. The maximum atomic E-state index is 13.7. The number of carbonyl (C=O) groups is 1. The average molecular weight is 317 g/mol. The Morgan fingerprint density at radius 2 is 2.22 bits per heavy atom. The van der Waals surface area contributed by atoms with E-state index in [1.807, 2.05) is 26.0 Å². The minimum absolute atomic E-state index is 0.0884. The van der Waals surface area contributed by atoms with Crippen LogP contribution >= 0.6 is 0 Å². The topological polar surface area (TPSA) is 91.1 Å². The number of nitrogens with one attached hydrogen (secondary N) is 2. The Balaban J connectivity index is 1.97. The molecule has 2 aromatic heterocycles. The van der Waals surface area contributed by atoms with E-state index in [9.17, 15) is 9.18 Å². The Morgan fingerprint density at radius 3 is 2.83 bits per heavy atom. The smallest absolute Gasteiger partial charge is 0.340 e. The molecule has 0 saturated carbocycles. The normalized spacial score (nSPS) is 12.5. The first-order valence-electron chi connectivity index (χ1n) is 7.24. The molecule has 1 atom stereocenters. The molecule has 0 amide bonds. The zero-order valence-corrected chi connectivity index (χ0v) is 12.7. The average Bonchev–Trinajstić information content (AvgIpc) is 3.09. The molecule has 0 saturated heterocycles. The lowest BCUT2D eigenvalue weighted by atomic mass is 10.2. The molecule has 0 unspecified atom stereocenters. The van der Waals surface area contributed by atoms with Crippen molar-refractivity contribution in [2.45, 2.75) is 26.3 Å². The van der Waals surface area contributed by atoms with Gasteiger partial charge in [0, 0.05) is 0 Å². The number of halogens is 1. The van der Waals surface area contributed by atoms with Gasteiger partial charge in [-0.25, -0.2) is 14.2 Å². The molecule has 2 heterocycles. The fraction of sp³-hybridized carbons (Fsp3) is 0.250. The molecular weight excluding hydrogens is 301 g/mol. The number of nitrogens with zero attached hydrogens (tertiary/aromatic N) is 1. The monoisotopic (exact) mass is 317 g/mol. The van der Waals surface area contributed by atoms with E-state index in [2.05, 4.69) is 15.3 Å². The summed E-state index contributed by atoms with van der Waals surface area (Å²) in [6.45, 7) is 3.85. The summed E-state index contributed by atoms with van der Waals surface area (Å²) in [6.07, 6.45) is 0.740. The number of hydrogen-bond donors (Lipinski definition) is 3. The van der Waals surface area contributed by atoms with Crippen molar-refractivity contribution in [2.75, 3.05) is 5.32 Å².